The van der Waals surface area contributed by atoms with E-state index in [0.29, 0.717) is 22.2 Å². The molecule has 1 aromatic heterocycles. The Labute approximate surface area is 124 Å². The van der Waals surface area contributed by atoms with Crippen molar-refractivity contribution >= 4 is 39.1 Å². The highest BCUT2D eigenvalue weighted by Gasteiger charge is 2.15. The summed E-state index contributed by atoms with van der Waals surface area (Å²) >= 11 is 15.4. The normalized spacial score (nSPS) is 12.4. The van der Waals surface area contributed by atoms with Gasteiger partial charge in [0, 0.05) is 22.1 Å². The number of hydrogen-bond acceptors (Lipinski definition) is 2. The van der Waals surface area contributed by atoms with Crippen molar-refractivity contribution in [2.45, 2.75) is 12.5 Å². The molecular formula is C13H10BrCl2NO. The second-order valence-corrected chi connectivity index (χ2v) is 5.56. The van der Waals surface area contributed by atoms with E-state index in [2.05, 4.69) is 20.9 Å². The third-order valence-corrected chi connectivity index (χ3v) is 3.70. The Kier molecular flexibility index (Phi) is 4.62. The van der Waals surface area contributed by atoms with Gasteiger partial charge in [-0.15, -0.1) is 0 Å². The van der Waals surface area contributed by atoms with E-state index in [1.54, 1.807) is 24.4 Å². The maximum absolute atomic E-state index is 10.1. The number of aliphatic hydroxyl groups excluding tert-OH is 1. The first-order chi connectivity index (χ1) is 8.58. The van der Waals surface area contributed by atoms with Crippen molar-refractivity contribution in [3.05, 3.63) is 62.3 Å². The minimum absolute atomic E-state index is 0.378. The predicted octanol–water partition coefficient (Wildman–Crippen LogP) is 4.43. The van der Waals surface area contributed by atoms with Crippen molar-refractivity contribution in [2.75, 3.05) is 0 Å². The molecule has 1 aromatic carbocycles. The summed E-state index contributed by atoms with van der Waals surface area (Å²) in [6.07, 6.45) is 1.22. The molecule has 0 spiro atoms. The molecule has 0 saturated carbocycles. The average molecular weight is 347 g/mol. The first-order valence-corrected chi connectivity index (χ1v) is 6.85. The fourth-order valence-electron chi connectivity index (χ4n) is 1.64. The molecule has 1 atom stereocenters. The Morgan fingerprint density at radius 1 is 1.22 bits per heavy atom. The standard InChI is InChI=1S/C13H10BrCl2NO/c14-9-4-3-8(11(16)7-9)6-12(18)13-10(15)2-1-5-17-13/h1-5,7,12,18H,6H2. The smallest absolute Gasteiger partial charge is 0.102 e. The molecule has 2 nitrogen and oxygen atoms in total. The summed E-state index contributed by atoms with van der Waals surface area (Å²) < 4.78 is 0.904. The molecule has 94 valence electrons. The first kappa shape index (κ1) is 13.8. The zero-order valence-electron chi connectivity index (χ0n) is 9.28. The molecule has 1 unspecified atom stereocenters. The minimum atomic E-state index is -0.766. The van der Waals surface area contributed by atoms with E-state index in [1.807, 2.05) is 12.1 Å². The highest BCUT2D eigenvalue weighted by molar-refractivity contribution is 9.10. The predicted molar refractivity (Wildman–Crippen MR) is 77.1 cm³/mol. The van der Waals surface area contributed by atoms with E-state index in [9.17, 15) is 5.11 Å². The second-order valence-electron chi connectivity index (χ2n) is 3.83. The zero-order chi connectivity index (χ0) is 13.1. The van der Waals surface area contributed by atoms with Crippen molar-refractivity contribution in [2.24, 2.45) is 0 Å². The third-order valence-electron chi connectivity index (χ3n) is 2.53. The van der Waals surface area contributed by atoms with Gasteiger partial charge in [-0.1, -0.05) is 45.2 Å². The lowest BCUT2D eigenvalue weighted by Crippen LogP contribution is -2.05. The van der Waals surface area contributed by atoms with Crippen LogP contribution in [0, 0.1) is 0 Å². The van der Waals surface area contributed by atoms with Crippen LogP contribution in [-0.2, 0) is 6.42 Å². The number of rotatable bonds is 3. The highest BCUT2D eigenvalue weighted by Crippen LogP contribution is 2.28. The number of aromatic nitrogens is 1. The molecule has 5 heteroatoms. The van der Waals surface area contributed by atoms with E-state index in [-0.39, 0.29) is 0 Å². The minimum Gasteiger partial charge on any atom is -0.386 e. The molecule has 0 fully saturated rings. The van der Waals surface area contributed by atoms with Gasteiger partial charge < -0.3 is 5.11 Å². The van der Waals surface area contributed by atoms with Crippen molar-refractivity contribution in [3.8, 4) is 0 Å². The number of pyridine rings is 1. The van der Waals surface area contributed by atoms with Crippen LogP contribution in [-0.4, -0.2) is 10.1 Å². The first-order valence-electron chi connectivity index (χ1n) is 5.30. The van der Waals surface area contributed by atoms with E-state index >= 15 is 0 Å². The summed E-state index contributed by atoms with van der Waals surface area (Å²) in [4.78, 5) is 4.09. The molecule has 1 heterocycles. The lowest BCUT2D eigenvalue weighted by Gasteiger charge is -2.12. The van der Waals surface area contributed by atoms with Crippen LogP contribution < -0.4 is 0 Å². The van der Waals surface area contributed by atoms with Gasteiger partial charge >= 0.3 is 0 Å². The lowest BCUT2D eigenvalue weighted by molar-refractivity contribution is 0.174. The molecule has 0 amide bonds. The number of benzene rings is 1. The van der Waals surface area contributed by atoms with Crippen LogP contribution in [0.15, 0.2) is 41.0 Å². The third kappa shape index (κ3) is 3.23. The van der Waals surface area contributed by atoms with Gasteiger partial charge in [-0.25, -0.2) is 0 Å². The van der Waals surface area contributed by atoms with Crippen LogP contribution in [0.2, 0.25) is 10.0 Å². The molecule has 0 aliphatic heterocycles. The van der Waals surface area contributed by atoms with Crippen LogP contribution in [0.4, 0.5) is 0 Å². The zero-order valence-corrected chi connectivity index (χ0v) is 12.4. The van der Waals surface area contributed by atoms with Crippen molar-refractivity contribution < 1.29 is 5.11 Å². The molecule has 0 aliphatic rings. The highest BCUT2D eigenvalue weighted by atomic mass is 79.9. The fourth-order valence-corrected chi connectivity index (χ4v) is 2.63. The van der Waals surface area contributed by atoms with E-state index in [4.69, 9.17) is 23.2 Å². The van der Waals surface area contributed by atoms with Gasteiger partial charge in [0.05, 0.1) is 10.7 Å². The van der Waals surface area contributed by atoms with Gasteiger partial charge in [0.2, 0.25) is 0 Å². The van der Waals surface area contributed by atoms with E-state index < -0.39 is 6.10 Å². The SMILES string of the molecule is OC(Cc1ccc(Br)cc1Cl)c1ncccc1Cl. The maximum atomic E-state index is 10.1. The number of nitrogens with zero attached hydrogens (tertiary/aromatic N) is 1. The van der Waals surface area contributed by atoms with Gasteiger partial charge in [0.1, 0.15) is 6.10 Å². The summed E-state index contributed by atoms with van der Waals surface area (Å²) in [5.74, 6) is 0. The monoisotopic (exact) mass is 345 g/mol. The summed E-state index contributed by atoms with van der Waals surface area (Å²) in [6, 6.07) is 8.98. The summed E-state index contributed by atoms with van der Waals surface area (Å²) in [7, 11) is 0. The summed E-state index contributed by atoms with van der Waals surface area (Å²) in [6.45, 7) is 0. The van der Waals surface area contributed by atoms with Gasteiger partial charge in [-0.2, -0.15) is 0 Å². The Hall–Kier alpha value is -0.610. The Morgan fingerprint density at radius 2 is 2.00 bits per heavy atom. The quantitative estimate of drug-likeness (QED) is 0.891. The number of halogens is 3. The second kappa shape index (κ2) is 6.02. The molecule has 0 bridgehead atoms. The molecule has 1 N–H and O–H groups in total. The molecular weight excluding hydrogens is 337 g/mol. The van der Waals surface area contributed by atoms with Crippen molar-refractivity contribution in [1.29, 1.82) is 0 Å². The van der Waals surface area contributed by atoms with Crippen molar-refractivity contribution in [3.63, 3.8) is 0 Å². The molecule has 2 aromatic rings. The van der Waals surface area contributed by atoms with Crippen LogP contribution in [0.3, 0.4) is 0 Å². The Bertz CT molecular complexity index is 562. The average Bonchev–Trinajstić information content (AvgIpc) is 2.33. The Balaban J connectivity index is 2.21. The van der Waals surface area contributed by atoms with Gasteiger partial charge in [-0.3, -0.25) is 4.98 Å². The molecule has 2 rings (SSSR count). The van der Waals surface area contributed by atoms with Crippen molar-refractivity contribution in [1.82, 2.24) is 4.98 Å². The molecule has 0 saturated heterocycles. The molecule has 18 heavy (non-hydrogen) atoms. The van der Waals surface area contributed by atoms with Crippen LogP contribution in [0.25, 0.3) is 0 Å². The maximum Gasteiger partial charge on any atom is 0.102 e. The number of hydrogen-bond donors (Lipinski definition) is 1. The summed E-state index contributed by atoms with van der Waals surface area (Å²) in [5, 5.41) is 11.2. The number of aliphatic hydroxyl groups is 1. The lowest BCUT2D eigenvalue weighted by atomic mass is 10.1. The van der Waals surface area contributed by atoms with E-state index in [0.717, 1.165) is 10.0 Å². The largest absolute Gasteiger partial charge is 0.386 e. The van der Waals surface area contributed by atoms with Crippen LogP contribution in [0.5, 0.6) is 0 Å². The fraction of sp³-hybridized carbons (Fsp3) is 0.154. The van der Waals surface area contributed by atoms with Gasteiger partial charge in [0.25, 0.3) is 0 Å². The van der Waals surface area contributed by atoms with Gasteiger partial charge in [-0.05, 0) is 29.8 Å². The van der Waals surface area contributed by atoms with Gasteiger partial charge in [0.15, 0.2) is 0 Å². The van der Waals surface area contributed by atoms with Crippen LogP contribution >= 0.6 is 39.1 Å². The Morgan fingerprint density at radius 3 is 2.67 bits per heavy atom. The topological polar surface area (TPSA) is 33.1 Å². The summed E-state index contributed by atoms with van der Waals surface area (Å²) in [5.41, 5.74) is 1.33. The molecule has 0 aliphatic carbocycles. The molecule has 0 radical (unpaired) electrons. The van der Waals surface area contributed by atoms with E-state index in [1.165, 1.54) is 0 Å². The van der Waals surface area contributed by atoms with Crippen LogP contribution in [0.1, 0.15) is 17.4 Å².